The minimum absolute atomic E-state index is 0.0897. The smallest absolute Gasteiger partial charge is 0.200 e. The molecular formula is C14H16N6O. The van der Waals surface area contributed by atoms with Crippen molar-refractivity contribution in [2.24, 2.45) is 0 Å². The quantitative estimate of drug-likeness (QED) is 0.773. The van der Waals surface area contributed by atoms with Gasteiger partial charge in [-0.1, -0.05) is 12.1 Å². The second-order valence-corrected chi connectivity index (χ2v) is 4.62. The molecule has 21 heavy (non-hydrogen) atoms. The van der Waals surface area contributed by atoms with Crippen LogP contribution in [0, 0.1) is 0 Å². The van der Waals surface area contributed by atoms with E-state index < -0.39 is 0 Å². The first-order chi connectivity index (χ1) is 10.3. The molecule has 0 aliphatic heterocycles. The van der Waals surface area contributed by atoms with Crippen LogP contribution in [0.25, 0.3) is 5.65 Å². The highest BCUT2D eigenvalue weighted by Gasteiger charge is 2.08. The molecule has 108 valence electrons. The molecular weight excluding hydrogens is 268 g/mol. The van der Waals surface area contributed by atoms with Crippen LogP contribution in [0.15, 0.2) is 36.4 Å². The first kappa shape index (κ1) is 13.3. The highest BCUT2D eigenvalue weighted by Crippen LogP contribution is 2.22. The van der Waals surface area contributed by atoms with E-state index in [4.69, 9.17) is 4.74 Å². The second kappa shape index (κ2) is 5.74. The van der Waals surface area contributed by atoms with Crippen molar-refractivity contribution < 1.29 is 4.74 Å². The van der Waals surface area contributed by atoms with Crippen LogP contribution in [0.2, 0.25) is 0 Å². The van der Waals surface area contributed by atoms with Gasteiger partial charge in [0.05, 0.1) is 12.6 Å². The fourth-order valence-corrected chi connectivity index (χ4v) is 2.07. The maximum Gasteiger partial charge on any atom is 0.200 e. The Morgan fingerprint density at radius 3 is 3.05 bits per heavy atom. The van der Waals surface area contributed by atoms with Crippen molar-refractivity contribution in [3.8, 4) is 5.75 Å². The van der Waals surface area contributed by atoms with Crippen LogP contribution < -0.4 is 10.1 Å². The minimum Gasteiger partial charge on any atom is -0.494 e. The normalized spacial score (nSPS) is 12.3. The van der Waals surface area contributed by atoms with Gasteiger partial charge in [0.15, 0.2) is 5.65 Å². The molecule has 1 N–H and O–H groups in total. The Hall–Kier alpha value is -2.70. The molecule has 2 aromatic heterocycles. The van der Waals surface area contributed by atoms with Gasteiger partial charge in [-0.3, -0.25) is 0 Å². The number of nitrogens with one attached hydrogen (secondary N) is 1. The zero-order valence-corrected chi connectivity index (χ0v) is 11.9. The lowest BCUT2D eigenvalue weighted by molar-refractivity contribution is 0.340. The van der Waals surface area contributed by atoms with Gasteiger partial charge in [-0.15, -0.1) is 14.8 Å². The average Bonchev–Trinajstić information content (AvgIpc) is 2.95. The summed E-state index contributed by atoms with van der Waals surface area (Å²) in [6.07, 6.45) is 0. The molecule has 0 aliphatic rings. The first-order valence-electron chi connectivity index (χ1n) is 6.81. The van der Waals surface area contributed by atoms with Crippen LogP contribution in [-0.4, -0.2) is 31.9 Å². The van der Waals surface area contributed by atoms with Crippen molar-refractivity contribution in [3.63, 3.8) is 0 Å². The molecule has 7 nitrogen and oxygen atoms in total. The summed E-state index contributed by atoms with van der Waals surface area (Å²) in [6, 6.07) is 11.8. The van der Waals surface area contributed by atoms with Crippen molar-refractivity contribution in [1.82, 2.24) is 25.3 Å². The van der Waals surface area contributed by atoms with Crippen molar-refractivity contribution >= 4 is 11.5 Å². The number of aromatic nitrogens is 5. The molecule has 0 radical (unpaired) electrons. The number of fused-ring (bicyclic) bond motifs is 1. The van der Waals surface area contributed by atoms with Crippen LogP contribution in [0.3, 0.4) is 0 Å². The molecule has 1 aromatic carbocycles. The standard InChI is InChI=1S/C14H16N6O/c1-3-21-12-6-4-5-11(9-12)10(2)15-13-7-8-14-16-18-19-20(14)17-13/h4-10H,3H2,1-2H3,(H,15,17). The summed E-state index contributed by atoms with van der Waals surface area (Å²) in [5.41, 5.74) is 1.74. The van der Waals surface area contributed by atoms with E-state index in [0.29, 0.717) is 18.1 Å². The Morgan fingerprint density at radius 1 is 1.29 bits per heavy atom. The van der Waals surface area contributed by atoms with Gasteiger partial charge in [-0.05, 0) is 54.1 Å². The molecule has 0 fully saturated rings. The number of anilines is 1. The van der Waals surface area contributed by atoms with E-state index in [1.54, 1.807) is 0 Å². The Bertz CT molecular complexity index is 741. The number of benzene rings is 1. The third kappa shape index (κ3) is 2.91. The molecule has 1 atom stereocenters. The molecule has 0 saturated heterocycles. The van der Waals surface area contributed by atoms with Crippen LogP contribution in [-0.2, 0) is 0 Å². The van der Waals surface area contributed by atoms with E-state index in [0.717, 1.165) is 11.3 Å². The van der Waals surface area contributed by atoms with Gasteiger partial charge < -0.3 is 10.1 Å². The van der Waals surface area contributed by atoms with Crippen molar-refractivity contribution in [3.05, 3.63) is 42.0 Å². The van der Waals surface area contributed by atoms with Crippen molar-refractivity contribution in [2.75, 3.05) is 11.9 Å². The molecule has 0 saturated carbocycles. The predicted octanol–water partition coefficient (Wildman–Crippen LogP) is 2.09. The molecule has 1 unspecified atom stereocenters. The van der Waals surface area contributed by atoms with Crippen molar-refractivity contribution in [2.45, 2.75) is 19.9 Å². The molecule has 0 spiro atoms. The van der Waals surface area contributed by atoms with Crippen molar-refractivity contribution in [1.29, 1.82) is 0 Å². The molecule has 0 amide bonds. The first-order valence-corrected chi connectivity index (χ1v) is 6.81. The second-order valence-electron chi connectivity index (χ2n) is 4.62. The van der Waals surface area contributed by atoms with Gasteiger partial charge in [-0.2, -0.15) is 0 Å². The Labute approximate surface area is 121 Å². The average molecular weight is 284 g/mol. The lowest BCUT2D eigenvalue weighted by Crippen LogP contribution is -2.10. The van der Waals surface area contributed by atoms with Gasteiger partial charge in [0, 0.05) is 0 Å². The van der Waals surface area contributed by atoms with E-state index >= 15 is 0 Å². The zero-order valence-electron chi connectivity index (χ0n) is 11.9. The van der Waals surface area contributed by atoms with Crippen LogP contribution in [0.1, 0.15) is 25.5 Å². The maximum atomic E-state index is 5.52. The van der Waals surface area contributed by atoms with E-state index in [2.05, 4.69) is 38.9 Å². The summed E-state index contributed by atoms with van der Waals surface area (Å²) in [5.74, 6) is 1.58. The summed E-state index contributed by atoms with van der Waals surface area (Å²) < 4.78 is 6.91. The largest absolute Gasteiger partial charge is 0.494 e. The predicted molar refractivity (Wildman–Crippen MR) is 78.2 cm³/mol. The number of rotatable bonds is 5. The molecule has 0 aliphatic carbocycles. The third-order valence-corrected chi connectivity index (χ3v) is 3.10. The van der Waals surface area contributed by atoms with Gasteiger partial charge in [-0.25, -0.2) is 0 Å². The SMILES string of the molecule is CCOc1cccc(C(C)Nc2ccc3nnnn3n2)c1. The lowest BCUT2D eigenvalue weighted by atomic mass is 10.1. The lowest BCUT2D eigenvalue weighted by Gasteiger charge is -2.15. The van der Waals surface area contributed by atoms with Crippen LogP contribution in [0.4, 0.5) is 5.82 Å². The summed E-state index contributed by atoms with van der Waals surface area (Å²) in [6.45, 7) is 4.69. The van der Waals surface area contributed by atoms with Gasteiger partial charge in [0.1, 0.15) is 11.6 Å². The molecule has 7 heteroatoms. The summed E-state index contributed by atoms with van der Waals surface area (Å²) in [5, 5.41) is 18.8. The summed E-state index contributed by atoms with van der Waals surface area (Å²) >= 11 is 0. The topological polar surface area (TPSA) is 77.2 Å². The molecule has 0 bridgehead atoms. The number of hydrogen-bond acceptors (Lipinski definition) is 6. The highest BCUT2D eigenvalue weighted by atomic mass is 16.5. The number of nitrogens with zero attached hydrogens (tertiary/aromatic N) is 5. The van der Waals surface area contributed by atoms with Crippen LogP contribution >= 0.6 is 0 Å². The van der Waals surface area contributed by atoms with Gasteiger partial charge in [0.25, 0.3) is 0 Å². The number of ether oxygens (including phenoxy) is 1. The summed E-state index contributed by atoms with van der Waals surface area (Å²) in [7, 11) is 0. The Balaban J connectivity index is 1.78. The molecule has 2 heterocycles. The number of tetrazole rings is 1. The zero-order chi connectivity index (χ0) is 14.7. The molecule has 3 rings (SSSR count). The van der Waals surface area contributed by atoms with E-state index in [9.17, 15) is 0 Å². The third-order valence-electron chi connectivity index (χ3n) is 3.10. The fourth-order valence-electron chi connectivity index (χ4n) is 2.07. The molecule has 3 aromatic rings. The van der Waals surface area contributed by atoms with E-state index in [1.807, 2.05) is 37.3 Å². The van der Waals surface area contributed by atoms with Crippen LogP contribution in [0.5, 0.6) is 5.75 Å². The van der Waals surface area contributed by atoms with E-state index in [1.165, 1.54) is 4.63 Å². The maximum absolute atomic E-state index is 5.52. The highest BCUT2D eigenvalue weighted by molar-refractivity contribution is 5.44. The monoisotopic (exact) mass is 284 g/mol. The van der Waals surface area contributed by atoms with E-state index in [-0.39, 0.29) is 6.04 Å². The fraction of sp³-hybridized carbons (Fsp3) is 0.286. The number of hydrogen-bond donors (Lipinski definition) is 1. The Morgan fingerprint density at radius 2 is 2.19 bits per heavy atom. The Kier molecular flexibility index (Phi) is 3.63. The summed E-state index contributed by atoms with van der Waals surface area (Å²) in [4.78, 5) is 0. The minimum atomic E-state index is 0.0897. The van der Waals surface area contributed by atoms with Gasteiger partial charge in [0.2, 0.25) is 0 Å². The van der Waals surface area contributed by atoms with Gasteiger partial charge >= 0.3 is 0 Å².